The zero-order valence-corrected chi connectivity index (χ0v) is 13.2. The Morgan fingerprint density at radius 3 is 2.64 bits per heavy atom. The topological polar surface area (TPSA) is 61.9 Å². The molecule has 0 saturated carbocycles. The molecule has 2 rings (SSSR count). The predicted molar refractivity (Wildman–Crippen MR) is 84.6 cm³/mol. The number of carbonyl (C=O) groups is 1. The maximum absolute atomic E-state index is 12.2. The van der Waals surface area contributed by atoms with Gasteiger partial charge in [0.05, 0.1) is 30.3 Å². The molecule has 0 aliphatic rings. The molecule has 1 heterocycles. The number of para-hydroxylation sites is 1. The van der Waals surface area contributed by atoms with Crippen LogP contribution in [0.4, 0.5) is 0 Å². The number of rotatable bonds is 5. The first-order valence-electron chi connectivity index (χ1n) is 7.26. The number of amides is 1. The van der Waals surface area contributed by atoms with Gasteiger partial charge in [-0.05, 0) is 26.0 Å². The van der Waals surface area contributed by atoms with E-state index in [-0.39, 0.29) is 5.91 Å². The van der Waals surface area contributed by atoms with Crippen molar-refractivity contribution in [2.24, 2.45) is 0 Å². The van der Waals surface area contributed by atoms with Crippen LogP contribution in [0, 0.1) is 25.2 Å². The Hall–Kier alpha value is -2.61. The second kappa shape index (κ2) is 6.90. The predicted octanol–water partition coefficient (Wildman–Crippen LogP) is 2.40. The summed E-state index contributed by atoms with van der Waals surface area (Å²) in [5.41, 5.74) is 3.78. The normalized spacial score (nSPS) is 10.3. The van der Waals surface area contributed by atoms with Gasteiger partial charge in [0.15, 0.2) is 0 Å². The van der Waals surface area contributed by atoms with Gasteiger partial charge in [0.25, 0.3) is 0 Å². The van der Waals surface area contributed by atoms with Crippen molar-refractivity contribution in [3.63, 3.8) is 0 Å². The van der Waals surface area contributed by atoms with E-state index in [4.69, 9.17) is 5.26 Å². The summed E-state index contributed by atoms with van der Waals surface area (Å²) in [5.74, 6) is 0.00839. The quantitative estimate of drug-likeness (QED) is 0.851. The van der Waals surface area contributed by atoms with E-state index in [0.717, 1.165) is 22.6 Å². The van der Waals surface area contributed by atoms with Gasteiger partial charge in [-0.25, -0.2) is 4.68 Å². The lowest BCUT2D eigenvalue weighted by molar-refractivity contribution is -0.129. The fourth-order valence-corrected chi connectivity index (χ4v) is 2.38. The van der Waals surface area contributed by atoms with Gasteiger partial charge >= 0.3 is 0 Å². The van der Waals surface area contributed by atoms with E-state index < -0.39 is 0 Å². The average molecular weight is 296 g/mol. The smallest absolute Gasteiger partial charge is 0.226 e. The highest BCUT2D eigenvalue weighted by molar-refractivity contribution is 5.79. The molecule has 2 aromatic rings. The molecule has 0 saturated heterocycles. The van der Waals surface area contributed by atoms with Crippen LogP contribution in [-0.4, -0.2) is 34.2 Å². The van der Waals surface area contributed by atoms with Gasteiger partial charge in [-0.15, -0.1) is 0 Å². The molecule has 0 bridgehead atoms. The first-order valence-corrected chi connectivity index (χ1v) is 7.26. The van der Waals surface area contributed by atoms with Crippen LogP contribution in [0.5, 0.6) is 0 Å². The highest BCUT2D eigenvalue weighted by Crippen LogP contribution is 2.18. The Balaban J connectivity index is 2.21. The van der Waals surface area contributed by atoms with E-state index in [1.165, 1.54) is 0 Å². The summed E-state index contributed by atoms with van der Waals surface area (Å²) in [6.45, 7) is 4.36. The van der Waals surface area contributed by atoms with E-state index in [1.54, 1.807) is 11.9 Å². The van der Waals surface area contributed by atoms with Crippen molar-refractivity contribution in [2.75, 3.05) is 13.6 Å². The molecule has 114 valence electrons. The summed E-state index contributed by atoms with van der Waals surface area (Å²) < 4.78 is 1.87. The van der Waals surface area contributed by atoms with Crippen LogP contribution < -0.4 is 0 Å². The summed E-state index contributed by atoms with van der Waals surface area (Å²) >= 11 is 0. The van der Waals surface area contributed by atoms with Gasteiger partial charge in [0.2, 0.25) is 5.91 Å². The molecule has 22 heavy (non-hydrogen) atoms. The maximum atomic E-state index is 12.2. The monoisotopic (exact) mass is 296 g/mol. The van der Waals surface area contributed by atoms with Gasteiger partial charge in [0.1, 0.15) is 0 Å². The lowest BCUT2D eigenvalue weighted by Gasteiger charge is -2.15. The number of aromatic nitrogens is 2. The number of likely N-dealkylation sites (N-methyl/N-ethyl adjacent to an activating group) is 1. The Bertz CT molecular complexity index is 697. The van der Waals surface area contributed by atoms with Gasteiger partial charge in [0, 0.05) is 24.8 Å². The number of nitrogens with zero attached hydrogens (tertiary/aromatic N) is 4. The number of hydrogen-bond acceptors (Lipinski definition) is 3. The molecular formula is C17H20N4O. The summed E-state index contributed by atoms with van der Waals surface area (Å²) in [7, 11) is 1.73. The molecule has 0 N–H and O–H groups in total. The van der Waals surface area contributed by atoms with Crippen LogP contribution in [0.25, 0.3) is 5.69 Å². The van der Waals surface area contributed by atoms with Crippen molar-refractivity contribution in [3.8, 4) is 11.8 Å². The number of benzene rings is 1. The third-order valence-corrected chi connectivity index (χ3v) is 3.75. The third kappa shape index (κ3) is 3.34. The van der Waals surface area contributed by atoms with Crippen molar-refractivity contribution >= 4 is 5.91 Å². The van der Waals surface area contributed by atoms with Gasteiger partial charge in [-0.3, -0.25) is 4.79 Å². The van der Waals surface area contributed by atoms with Crippen LogP contribution in [0.15, 0.2) is 30.3 Å². The highest BCUT2D eigenvalue weighted by Gasteiger charge is 2.17. The molecule has 0 aliphatic heterocycles. The molecule has 0 unspecified atom stereocenters. The van der Waals surface area contributed by atoms with E-state index >= 15 is 0 Å². The van der Waals surface area contributed by atoms with Crippen molar-refractivity contribution in [2.45, 2.75) is 26.7 Å². The standard InChI is InChI=1S/C17H20N4O/c1-13-16(12-17(22)20(3)11-7-10-18)14(2)21(19-13)15-8-5-4-6-9-15/h4-6,8-9H,7,11-12H2,1-3H3. The number of carbonyl (C=O) groups excluding carboxylic acids is 1. The summed E-state index contributed by atoms with van der Waals surface area (Å²) in [5, 5.41) is 13.2. The Morgan fingerprint density at radius 2 is 2.00 bits per heavy atom. The Morgan fingerprint density at radius 1 is 1.32 bits per heavy atom. The first kappa shape index (κ1) is 15.8. The molecule has 0 fully saturated rings. The molecule has 1 amide bonds. The van der Waals surface area contributed by atoms with E-state index in [9.17, 15) is 4.79 Å². The van der Waals surface area contributed by atoms with E-state index in [2.05, 4.69) is 11.2 Å². The largest absolute Gasteiger partial charge is 0.344 e. The summed E-state index contributed by atoms with van der Waals surface area (Å²) in [4.78, 5) is 13.8. The van der Waals surface area contributed by atoms with Crippen LogP contribution in [-0.2, 0) is 11.2 Å². The van der Waals surface area contributed by atoms with Crippen LogP contribution in [0.2, 0.25) is 0 Å². The SMILES string of the molecule is Cc1nn(-c2ccccc2)c(C)c1CC(=O)N(C)CCC#N. The second-order valence-electron chi connectivity index (χ2n) is 5.30. The summed E-state index contributed by atoms with van der Waals surface area (Å²) in [6.07, 6.45) is 0.663. The lowest BCUT2D eigenvalue weighted by Crippen LogP contribution is -2.29. The van der Waals surface area contributed by atoms with Crippen molar-refractivity contribution in [1.29, 1.82) is 5.26 Å². The minimum atomic E-state index is 0.00839. The highest BCUT2D eigenvalue weighted by atomic mass is 16.2. The molecule has 1 aromatic heterocycles. The van der Waals surface area contributed by atoms with Gasteiger partial charge < -0.3 is 4.90 Å². The number of nitriles is 1. The van der Waals surface area contributed by atoms with Crippen LogP contribution in [0.3, 0.4) is 0 Å². The van der Waals surface area contributed by atoms with Crippen molar-refractivity contribution < 1.29 is 4.79 Å². The zero-order chi connectivity index (χ0) is 16.1. The Kier molecular flexibility index (Phi) is 4.95. The van der Waals surface area contributed by atoms with Gasteiger partial charge in [-0.2, -0.15) is 10.4 Å². The molecule has 5 nitrogen and oxygen atoms in total. The Labute approximate surface area is 130 Å². The van der Waals surface area contributed by atoms with E-state index in [0.29, 0.717) is 19.4 Å². The lowest BCUT2D eigenvalue weighted by atomic mass is 10.1. The molecular weight excluding hydrogens is 276 g/mol. The average Bonchev–Trinajstić information content (AvgIpc) is 2.81. The first-order chi connectivity index (χ1) is 10.5. The van der Waals surface area contributed by atoms with Crippen molar-refractivity contribution in [1.82, 2.24) is 14.7 Å². The van der Waals surface area contributed by atoms with Crippen LogP contribution in [0.1, 0.15) is 23.4 Å². The molecule has 0 atom stereocenters. The minimum Gasteiger partial charge on any atom is -0.344 e. The fraction of sp³-hybridized carbons (Fsp3) is 0.353. The maximum Gasteiger partial charge on any atom is 0.226 e. The third-order valence-electron chi connectivity index (χ3n) is 3.75. The molecule has 0 radical (unpaired) electrons. The zero-order valence-electron chi connectivity index (χ0n) is 13.2. The fourth-order valence-electron chi connectivity index (χ4n) is 2.38. The number of hydrogen-bond donors (Lipinski definition) is 0. The molecule has 0 spiro atoms. The van der Waals surface area contributed by atoms with Crippen LogP contribution >= 0.6 is 0 Å². The summed E-state index contributed by atoms with van der Waals surface area (Å²) in [6, 6.07) is 11.9. The van der Waals surface area contributed by atoms with Gasteiger partial charge in [-0.1, -0.05) is 18.2 Å². The molecule has 0 aliphatic carbocycles. The number of aryl methyl sites for hydroxylation is 1. The van der Waals surface area contributed by atoms with Crippen molar-refractivity contribution in [3.05, 3.63) is 47.3 Å². The molecule has 5 heteroatoms. The molecule has 1 aromatic carbocycles. The second-order valence-corrected chi connectivity index (χ2v) is 5.30. The minimum absolute atomic E-state index is 0.00839. The van der Waals surface area contributed by atoms with E-state index in [1.807, 2.05) is 48.9 Å².